The minimum absolute atomic E-state index is 0.0605. The van der Waals surface area contributed by atoms with Crippen LogP contribution in [0.4, 0.5) is 5.69 Å². The first kappa shape index (κ1) is 15.4. The van der Waals surface area contributed by atoms with Crippen molar-refractivity contribution in [2.75, 3.05) is 32.5 Å². The van der Waals surface area contributed by atoms with E-state index in [0.29, 0.717) is 18.2 Å². The molecule has 0 aliphatic carbocycles. The Morgan fingerprint density at radius 3 is 2.84 bits per heavy atom. The van der Waals surface area contributed by atoms with E-state index in [-0.39, 0.29) is 5.91 Å². The predicted octanol–water partition coefficient (Wildman–Crippen LogP) is 1.58. The zero-order valence-corrected chi connectivity index (χ0v) is 12.2. The van der Waals surface area contributed by atoms with E-state index in [1.807, 2.05) is 14.1 Å². The maximum Gasteiger partial charge on any atom is 0.253 e. The highest BCUT2D eigenvalue weighted by molar-refractivity contribution is 5.99. The van der Waals surface area contributed by atoms with Crippen LogP contribution < -0.4 is 10.6 Å². The fourth-order valence-electron chi connectivity index (χ4n) is 1.51. The van der Waals surface area contributed by atoms with Crippen LogP contribution in [0, 0.1) is 0 Å². The van der Waals surface area contributed by atoms with Gasteiger partial charge in [-0.3, -0.25) is 9.78 Å². The first-order valence-corrected chi connectivity index (χ1v) is 6.68. The molecular weight excluding hydrogens is 240 g/mol. The van der Waals surface area contributed by atoms with Gasteiger partial charge in [0, 0.05) is 25.3 Å². The van der Waals surface area contributed by atoms with Crippen LogP contribution in [-0.2, 0) is 0 Å². The number of likely N-dealkylation sites (N-methyl/N-ethyl adjacent to an activating group) is 1. The molecule has 1 amide bonds. The van der Waals surface area contributed by atoms with Crippen LogP contribution in [0.1, 0.15) is 30.6 Å². The molecule has 1 aromatic rings. The normalized spacial score (nSPS) is 12.3. The first-order chi connectivity index (χ1) is 9.06. The van der Waals surface area contributed by atoms with Gasteiger partial charge in [-0.25, -0.2) is 0 Å². The van der Waals surface area contributed by atoms with Crippen LogP contribution in [0.2, 0.25) is 0 Å². The largest absolute Gasteiger partial charge is 0.383 e. The molecule has 0 aliphatic rings. The summed E-state index contributed by atoms with van der Waals surface area (Å²) in [6.07, 6.45) is 4.34. The number of hydrogen-bond acceptors (Lipinski definition) is 4. The monoisotopic (exact) mass is 264 g/mol. The Morgan fingerprint density at radius 1 is 1.47 bits per heavy atom. The van der Waals surface area contributed by atoms with Crippen LogP contribution in [0.15, 0.2) is 18.5 Å². The lowest BCUT2D eigenvalue weighted by Crippen LogP contribution is -2.38. The number of nitrogens with one attached hydrogen (secondary N) is 2. The Hall–Kier alpha value is -1.62. The number of carbonyl (C=O) groups excluding carboxylic acids is 1. The number of carbonyl (C=O) groups is 1. The Labute approximate surface area is 115 Å². The molecule has 0 saturated heterocycles. The van der Waals surface area contributed by atoms with Crippen molar-refractivity contribution < 1.29 is 4.79 Å². The number of hydrogen-bond donors (Lipinski definition) is 2. The summed E-state index contributed by atoms with van der Waals surface area (Å²) < 4.78 is 0. The van der Waals surface area contributed by atoms with Crippen molar-refractivity contribution in [2.24, 2.45) is 0 Å². The molecule has 0 aromatic carbocycles. The lowest BCUT2D eigenvalue weighted by Gasteiger charge is -2.20. The molecular formula is C14H24N4O. The van der Waals surface area contributed by atoms with Crippen molar-refractivity contribution in [1.82, 2.24) is 15.2 Å². The van der Waals surface area contributed by atoms with Crippen molar-refractivity contribution in [1.29, 1.82) is 0 Å². The Kier molecular flexibility index (Phi) is 6.29. The number of aromatic nitrogens is 1. The molecule has 0 aliphatic heterocycles. The van der Waals surface area contributed by atoms with Crippen LogP contribution in [0.5, 0.6) is 0 Å². The predicted molar refractivity (Wildman–Crippen MR) is 78.5 cm³/mol. The molecule has 1 aromatic heterocycles. The summed E-state index contributed by atoms with van der Waals surface area (Å²) in [4.78, 5) is 18.3. The van der Waals surface area contributed by atoms with Crippen LogP contribution in [-0.4, -0.2) is 49.0 Å². The molecule has 0 fully saturated rings. The fraction of sp³-hybridized carbons (Fsp3) is 0.571. The smallest absolute Gasteiger partial charge is 0.253 e. The Morgan fingerprint density at radius 2 is 2.21 bits per heavy atom. The van der Waals surface area contributed by atoms with Gasteiger partial charge >= 0.3 is 0 Å². The highest BCUT2D eigenvalue weighted by Crippen LogP contribution is 2.13. The maximum atomic E-state index is 12.2. The van der Waals surface area contributed by atoms with Gasteiger partial charge in [0.15, 0.2) is 0 Å². The molecule has 0 spiro atoms. The van der Waals surface area contributed by atoms with Gasteiger partial charge in [-0.2, -0.15) is 0 Å². The first-order valence-electron chi connectivity index (χ1n) is 6.68. The molecule has 1 atom stereocenters. The molecule has 5 nitrogen and oxygen atoms in total. The SMILES string of the molecule is CCCNc1cnccc1C(=O)NCC(C)N(C)C. The van der Waals surface area contributed by atoms with Crippen LogP contribution >= 0.6 is 0 Å². The minimum atomic E-state index is -0.0605. The average Bonchev–Trinajstić information content (AvgIpc) is 2.42. The van der Waals surface area contributed by atoms with Crippen molar-refractivity contribution >= 4 is 11.6 Å². The standard InChI is InChI=1S/C14H24N4O/c1-5-7-16-13-10-15-8-6-12(13)14(19)17-9-11(2)18(3)4/h6,8,10-11,16H,5,7,9H2,1-4H3,(H,17,19). The van der Waals surface area contributed by atoms with E-state index >= 15 is 0 Å². The van der Waals surface area contributed by atoms with E-state index in [1.165, 1.54) is 0 Å². The van der Waals surface area contributed by atoms with E-state index in [2.05, 4.69) is 34.4 Å². The number of amides is 1. The summed E-state index contributed by atoms with van der Waals surface area (Å²) in [6, 6.07) is 2.05. The van der Waals surface area contributed by atoms with Crippen LogP contribution in [0.3, 0.4) is 0 Å². The van der Waals surface area contributed by atoms with E-state index in [1.54, 1.807) is 18.5 Å². The maximum absolute atomic E-state index is 12.2. The molecule has 1 unspecified atom stereocenters. The van der Waals surface area contributed by atoms with Gasteiger partial charge < -0.3 is 15.5 Å². The second-order valence-electron chi connectivity index (χ2n) is 4.87. The average molecular weight is 264 g/mol. The number of pyridine rings is 1. The molecule has 1 rings (SSSR count). The highest BCUT2D eigenvalue weighted by Gasteiger charge is 2.12. The van der Waals surface area contributed by atoms with Gasteiger partial charge in [0.05, 0.1) is 17.4 Å². The molecule has 1 heterocycles. The number of nitrogens with zero attached hydrogens (tertiary/aromatic N) is 2. The van der Waals surface area contributed by atoms with E-state index < -0.39 is 0 Å². The molecule has 5 heteroatoms. The second-order valence-corrected chi connectivity index (χ2v) is 4.87. The Bertz CT molecular complexity index is 406. The zero-order valence-electron chi connectivity index (χ0n) is 12.2. The van der Waals surface area contributed by atoms with Gasteiger partial charge in [0.1, 0.15) is 0 Å². The third-order valence-electron chi connectivity index (χ3n) is 3.07. The number of anilines is 1. The lowest BCUT2D eigenvalue weighted by molar-refractivity contribution is 0.0944. The topological polar surface area (TPSA) is 57.3 Å². The van der Waals surface area contributed by atoms with E-state index in [4.69, 9.17) is 0 Å². The summed E-state index contributed by atoms with van der Waals surface area (Å²) in [5, 5.41) is 6.17. The molecule has 0 radical (unpaired) electrons. The van der Waals surface area contributed by atoms with Gasteiger partial charge in [0.25, 0.3) is 5.91 Å². The van der Waals surface area contributed by atoms with Gasteiger partial charge in [-0.15, -0.1) is 0 Å². The Balaban J connectivity index is 2.65. The molecule has 2 N–H and O–H groups in total. The van der Waals surface area contributed by atoms with Crippen molar-refractivity contribution in [3.05, 3.63) is 24.0 Å². The summed E-state index contributed by atoms with van der Waals surface area (Å²) in [6.45, 7) is 5.62. The summed E-state index contributed by atoms with van der Waals surface area (Å²) in [5.41, 5.74) is 1.44. The summed E-state index contributed by atoms with van der Waals surface area (Å²) in [7, 11) is 4.00. The molecule has 0 bridgehead atoms. The van der Waals surface area contributed by atoms with Gasteiger partial charge in [-0.05, 0) is 33.5 Å². The summed E-state index contributed by atoms with van der Waals surface area (Å²) >= 11 is 0. The van der Waals surface area contributed by atoms with Crippen LogP contribution in [0.25, 0.3) is 0 Å². The van der Waals surface area contributed by atoms with E-state index in [9.17, 15) is 4.79 Å². The van der Waals surface area contributed by atoms with Crippen molar-refractivity contribution in [3.63, 3.8) is 0 Å². The molecule has 19 heavy (non-hydrogen) atoms. The van der Waals surface area contributed by atoms with Crippen molar-refractivity contribution in [2.45, 2.75) is 26.3 Å². The highest BCUT2D eigenvalue weighted by atomic mass is 16.1. The van der Waals surface area contributed by atoms with Gasteiger partial charge in [0.2, 0.25) is 0 Å². The van der Waals surface area contributed by atoms with Gasteiger partial charge in [-0.1, -0.05) is 6.92 Å². The fourth-order valence-corrected chi connectivity index (χ4v) is 1.51. The third-order valence-corrected chi connectivity index (χ3v) is 3.07. The molecule has 0 saturated carbocycles. The number of rotatable bonds is 7. The van der Waals surface area contributed by atoms with Crippen molar-refractivity contribution in [3.8, 4) is 0 Å². The summed E-state index contributed by atoms with van der Waals surface area (Å²) in [5.74, 6) is -0.0605. The second kappa shape index (κ2) is 7.74. The third kappa shape index (κ3) is 4.87. The quantitative estimate of drug-likeness (QED) is 0.785. The minimum Gasteiger partial charge on any atom is -0.383 e. The van der Waals surface area contributed by atoms with E-state index in [0.717, 1.165) is 18.7 Å². The molecule has 106 valence electrons. The zero-order chi connectivity index (χ0) is 14.3. The lowest BCUT2D eigenvalue weighted by atomic mass is 10.2.